The second kappa shape index (κ2) is 5.99. The van der Waals surface area contributed by atoms with Crippen molar-refractivity contribution in [2.24, 2.45) is 0 Å². The minimum absolute atomic E-state index is 0.0335. The smallest absolute Gasteiger partial charge is 0.107 e. The first-order chi connectivity index (χ1) is 8.65. The Balaban J connectivity index is 1.96. The van der Waals surface area contributed by atoms with Gasteiger partial charge in [-0.25, -0.2) is 4.39 Å². The highest BCUT2D eigenvalue weighted by Crippen LogP contribution is 2.27. The van der Waals surface area contributed by atoms with E-state index in [-0.39, 0.29) is 5.83 Å². The highest BCUT2D eigenvalue weighted by Gasteiger charge is 2.08. The summed E-state index contributed by atoms with van der Waals surface area (Å²) in [6, 6.07) is 0. The molecule has 0 N–H and O–H groups in total. The largest absolute Gasteiger partial charge is 0.211 e. The van der Waals surface area contributed by atoms with Gasteiger partial charge in [0.2, 0.25) is 0 Å². The average molecular weight is 244 g/mol. The molecule has 96 valence electrons. The van der Waals surface area contributed by atoms with Crippen LogP contribution in [0.4, 0.5) is 4.39 Å². The quantitative estimate of drug-likeness (QED) is 0.609. The molecule has 2 rings (SSSR count). The highest BCUT2D eigenvalue weighted by atomic mass is 19.1. The summed E-state index contributed by atoms with van der Waals surface area (Å²) in [7, 11) is 0. The van der Waals surface area contributed by atoms with Gasteiger partial charge in [0.1, 0.15) is 5.83 Å². The molecular formula is C17H21F. The second-order valence-electron chi connectivity index (χ2n) is 5.25. The van der Waals surface area contributed by atoms with Crippen molar-refractivity contribution in [2.45, 2.75) is 46.0 Å². The van der Waals surface area contributed by atoms with E-state index in [1.807, 2.05) is 25.2 Å². The molecule has 0 fully saturated rings. The lowest BCUT2D eigenvalue weighted by molar-refractivity contribution is 0.601. The molecule has 18 heavy (non-hydrogen) atoms. The fraction of sp³-hybridized carbons (Fsp3) is 0.412. The molecule has 0 aromatic carbocycles. The van der Waals surface area contributed by atoms with Crippen LogP contribution in [-0.4, -0.2) is 0 Å². The van der Waals surface area contributed by atoms with Crippen molar-refractivity contribution in [2.75, 3.05) is 0 Å². The van der Waals surface area contributed by atoms with E-state index in [1.165, 1.54) is 11.1 Å². The molecule has 0 nitrogen and oxygen atoms in total. The normalized spacial score (nSPS) is 20.3. The van der Waals surface area contributed by atoms with E-state index >= 15 is 0 Å². The van der Waals surface area contributed by atoms with Crippen LogP contribution >= 0.6 is 0 Å². The van der Waals surface area contributed by atoms with Crippen molar-refractivity contribution in [1.29, 1.82) is 0 Å². The molecule has 0 amide bonds. The van der Waals surface area contributed by atoms with E-state index in [2.05, 4.69) is 19.1 Å². The van der Waals surface area contributed by atoms with Crippen molar-refractivity contribution in [1.82, 2.24) is 0 Å². The Kier molecular flexibility index (Phi) is 4.35. The maximum atomic E-state index is 13.9. The standard InChI is InChI=1S/C17H21F/c1-13-3-7-15(8-4-13)9-11-16-10-5-14(2)6-12-17(16)18/h3,5-7,10H,4,8-9,11-12H2,1-2H3. The topological polar surface area (TPSA) is 0 Å². The van der Waals surface area contributed by atoms with Crippen LogP contribution in [0.5, 0.6) is 0 Å². The molecule has 0 saturated carbocycles. The van der Waals surface area contributed by atoms with E-state index in [0.29, 0.717) is 6.42 Å². The minimum Gasteiger partial charge on any atom is -0.211 e. The van der Waals surface area contributed by atoms with E-state index in [1.54, 1.807) is 0 Å². The van der Waals surface area contributed by atoms with Gasteiger partial charge in [-0.1, -0.05) is 47.1 Å². The summed E-state index contributed by atoms with van der Waals surface area (Å²) in [4.78, 5) is 0. The molecule has 0 aliphatic heterocycles. The van der Waals surface area contributed by atoms with Gasteiger partial charge in [-0.2, -0.15) is 0 Å². The zero-order valence-electron chi connectivity index (χ0n) is 11.3. The first kappa shape index (κ1) is 13.1. The van der Waals surface area contributed by atoms with E-state index in [0.717, 1.165) is 36.8 Å². The fourth-order valence-corrected chi connectivity index (χ4v) is 2.28. The number of hydrogen-bond donors (Lipinski definition) is 0. The molecule has 0 aromatic heterocycles. The third-order valence-corrected chi connectivity index (χ3v) is 3.66. The van der Waals surface area contributed by atoms with Crippen LogP contribution in [0, 0.1) is 0 Å². The Bertz CT molecular complexity index is 470. The molecule has 0 saturated heterocycles. The predicted molar refractivity (Wildman–Crippen MR) is 76.0 cm³/mol. The lowest BCUT2D eigenvalue weighted by Gasteiger charge is -2.12. The van der Waals surface area contributed by atoms with Gasteiger partial charge in [0.05, 0.1) is 0 Å². The second-order valence-corrected chi connectivity index (χ2v) is 5.25. The van der Waals surface area contributed by atoms with Crippen LogP contribution in [0.2, 0.25) is 0 Å². The van der Waals surface area contributed by atoms with Crippen molar-refractivity contribution in [3.05, 3.63) is 58.5 Å². The molecule has 0 spiro atoms. The van der Waals surface area contributed by atoms with Gasteiger partial charge < -0.3 is 0 Å². The van der Waals surface area contributed by atoms with E-state index in [4.69, 9.17) is 0 Å². The molecule has 0 bridgehead atoms. The predicted octanol–water partition coefficient (Wildman–Crippen LogP) is 5.56. The van der Waals surface area contributed by atoms with E-state index in [9.17, 15) is 4.39 Å². The third-order valence-electron chi connectivity index (χ3n) is 3.66. The Morgan fingerprint density at radius 2 is 1.89 bits per heavy atom. The summed E-state index contributed by atoms with van der Waals surface area (Å²) in [5.41, 5.74) is 4.91. The molecule has 0 atom stereocenters. The molecule has 2 aliphatic carbocycles. The molecule has 0 radical (unpaired) electrons. The van der Waals surface area contributed by atoms with Gasteiger partial charge in [0.15, 0.2) is 0 Å². The van der Waals surface area contributed by atoms with Crippen molar-refractivity contribution in [3.63, 3.8) is 0 Å². The van der Waals surface area contributed by atoms with Crippen LogP contribution < -0.4 is 0 Å². The van der Waals surface area contributed by atoms with Crippen molar-refractivity contribution in [3.8, 4) is 0 Å². The Morgan fingerprint density at radius 1 is 1.06 bits per heavy atom. The fourth-order valence-electron chi connectivity index (χ4n) is 2.28. The van der Waals surface area contributed by atoms with Gasteiger partial charge in [-0.15, -0.1) is 0 Å². The van der Waals surface area contributed by atoms with Crippen LogP contribution in [0.3, 0.4) is 0 Å². The van der Waals surface area contributed by atoms with Gasteiger partial charge in [0, 0.05) is 6.42 Å². The summed E-state index contributed by atoms with van der Waals surface area (Å²) in [6.07, 6.45) is 14.9. The molecule has 1 heteroatoms. The van der Waals surface area contributed by atoms with Gasteiger partial charge in [-0.3, -0.25) is 0 Å². The average Bonchev–Trinajstić information content (AvgIpc) is 2.52. The highest BCUT2D eigenvalue weighted by molar-refractivity contribution is 5.34. The van der Waals surface area contributed by atoms with Crippen LogP contribution in [0.15, 0.2) is 58.5 Å². The molecule has 0 aromatic rings. The Hall–Kier alpha value is -1.37. The zero-order chi connectivity index (χ0) is 13.0. The number of halogens is 1. The maximum absolute atomic E-state index is 13.9. The summed E-state index contributed by atoms with van der Waals surface area (Å²) >= 11 is 0. The van der Waals surface area contributed by atoms with Crippen LogP contribution in [-0.2, 0) is 0 Å². The first-order valence-corrected chi connectivity index (χ1v) is 6.73. The molecular weight excluding hydrogens is 223 g/mol. The molecule has 0 heterocycles. The van der Waals surface area contributed by atoms with E-state index < -0.39 is 0 Å². The SMILES string of the molecule is CC1=CCC(F)=C(CCC2=CC=C(C)CC2)C=C1. The van der Waals surface area contributed by atoms with Crippen molar-refractivity contribution < 1.29 is 4.39 Å². The first-order valence-electron chi connectivity index (χ1n) is 6.73. The summed E-state index contributed by atoms with van der Waals surface area (Å²) in [6.45, 7) is 4.18. The Morgan fingerprint density at radius 3 is 2.61 bits per heavy atom. The number of rotatable bonds is 3. The summed E-state index contributed by atoms with van der Waals surface area (Å²) in [5, 5.41) is 0. The summed E-state index contributed by atoms with van der Waals surface area (Å²) in [5.74, 6) is 0.0335. The third kappa shape index (κ3) is 3.56. The minimum atomic E-state index is 0.0335. The number of allylic oxidation sites excluding steroid dienone is 10. The van der Waals surface area contributed by atoms with Gasteiger partial charge >= 0.3 is 0 Å². The van der Waals surface area contributed by atoms with Gasteiger partial charge in [0.25, 0.3) is 0 Å². The lowest BCUT2D eigenvalue weighted by atomic mass is 9.94. The van der Waals surface area contributed by atoms with Gasteiger partial charge in [-0.05, 0) is 45.1 Å². The Labute approximate surface area is 109 Å². The maximum Gasteiger partial charge on any atom is 0.107 e. The van der Waals surface area contributed by atoms with Crippen LogP contribution in [0.1, 0.15) is 46.0 Å². The number of hydrogen-bond acceptors (Lipinski definition) is 0. The summed E-state index contributed by atoms with van der Waals surface area (Å²) < 4.78 is 13.9. The lowest BCUT2D eigenvalue weighted by Crippen LogP contribution is -1.93. The zero-order valence-corrected chi connectivity index (χ0v) is 11.3. The monoisotopic (exact) mass is 244 g/mol. The van der Waals surface area contributed by atoms with Crippen molar-refractivity contribution >= 4 is 0 Å². The van der Waals surface area contributed by atoms with Crippen LogP contribution in [0.25, 0.3) is 0 Å². The molecule has 2 aliphatic rings. The molecule has 0 unspecified atom stereocenters.